The number of hydrogen-bond donors (Lipinski definition) is 1. The topological polar surface area (TPSA) is 44.5 Å². The zero-order valence-electron chi connectivity index (χ0n) is 9.53. The summed E-state index contributed by atoms with van der Waals surface area (Å²) < 4.78 is 10.7. The molecule has 0 saturated carbocycles. The lowest BCUT2D eigenvalue weighted by Gasteiger charge is -2.11. The van der Waals surface area contributed by atoms with Crippen LogP contribution in [0.3, 0.4) is 0 Å². The maximum absolute atomic E-state index is 5.59. The van der Waals surface area contributed by atoms with Gasteiger partial charge in [0.1, 0.15) is 11.5 Å². The lowest BCUT2D eigenvalue weighted by Crippen LogP contribution is -2.06. The molecule has 3 nitrogen and oxygen atoms in total. The molecule has 86 valence electrons. The van der Waals surface area contributed by atoms with Gasteiger partial charge in [-0.1, -0.05) is 6.07 Å². The van der Waals surface area contributed by atoms with Crippen molar-refractivity contribution in [2.75, 3.05) is 20.3 Å². The Morgan fingerprint density at radius 3 is 2.88 bits per heavy atom. The van der Waals surface area contributed by atoms with Gasteiger partial charge in [0.25, 0.3) is 0 Å². The number of hydrogen-bond acceptors (Lipinski definition) is 3. The van der Waals surface area contributed by atoms with Gasteiger partial charge in [0, 0.05) is 12.5 Å². The number of benzene rings is 1. The molecule has 1 rings (SSSR count). The Morgan fingerprint density at radius 2 is 2.25 bits per heavy atom. The molecular formula is C13H17NO2. The van der Waals surface area contributed by atoms with Gasteiger partial charge >= 0.3 is 0 Å². The van der Waals surface area contributed by atoms with E-state index in [0.29, 0.717) is 19.6 Å². The molecule has 16 heavy (non-hydrogen) atoms. The lowest BCUT2D eigenvalue weighted by atomic mass is 10.1. The van der Waals surface area contributed by atoms with Crippen molar-refractivity contribution in [3.8, 4) is 23.8 Å². The number of nitrogens with two attached hydrogens (primary N) is 1. The third-order valence-electron chi connectivity index (χ3n) is 2.19. The van der Waals surface area contributed by atoms with Crippen LogP contribution >= 0.6 is 0 Å². The quantitative estimate of drug-likeness (QED) is 0.584. The van der Waals surface area contributed by atoms with Gasteiger partial charge in [0.05, 0.1) is 13.7 Å². The van der Waals surface area contributed by atoms with Gasteiger partial charge in [0.15, 0.2) is 0 Å². The van der Waals surface area contributed by atoms with Crippen LogP contribution in [-0.4, -0.2) is 20.3 Å². The zero-order valence-corrected chi connectivity index (χ0v) is 9.53. The Bertz CT molecular complexity index is 369. The van der Waals surface area contributed by atoms with Crippen LogP contribution in [0.2, 0.25) is 0 Å². The Kier molecular flexibility index (Phi) is 5.24. The summed E-state index contributed by atoms with van der Waals surface area (Å²) in [6.45, 7) is 1.11. The summed E-state index contributed by atoms with van der Waals surface area (Å²) in [7, 11) is 1.63. The summed E-state index contributed by atoms with van der Waals surface area (Å²) in [5.41, 5.74) is 6.62. The molecule has 3 heteroatoms. The summed E-state index contributed by atoms with van der Waals surface area (Å²) in [6, 6.07) is 5.73. The number of rotatable bonds is 6. The highest BCUT2D eigenvalue weighted by atomic mass is 16.5. The molecule has 0 aliphatic carbocycles. The van der Waals surface area contributed by atoms with Crippen LogP contribution in [0.25, 0.3) is 0 Å². The van der Waals surface area contributed by atoms with Gasteiger partial charge in [-0.25, -0.2) is 0 Å². The SMILES string of the molecule is C#CCCOc1cc(OC)ccc1CCN. The van der Waals surface area contributed by atoms with Crippen LogP contribution in [0.4, 0.5) is 0 Å². The Morgan fingerprint density at radius 1 is 1.44 bits per heavy atom. The second-order valence-corrected chi connectivity index (χ2v) is 3.31. The van der Waals surface area contributed by atoms with E-state index in [0.717, 1.165) is 23.5 Å². The first kappa shape index (κ1) is 12.4. The molecule has 0 bridgehead atoms. The van der Waals surface area contributed by atoms with E-state index in [1.54, 1.807) is 7.11 Å². The third-order valence-corrected chi connectivity index (χ3v) is 2.19. The van der Waals surface area contributed by atoms with E-state index in [1.165, 1.54) is 0 Å². The molecule has 1 aromatic carbocycles. The molecule has 0 atom stereocenters. The highest BCUT2D eigenvalue weighted by Gasteiger charge is 2.04. The first-order chi connectivity index (χ1) is 7.81. The number of ether oxygens (including phenoxy) is 2. The van der Waals surface area contributed by atoms with E-state index >= 15 is 0 Å². The summed E-state index contributed by atoms with van der Waals surface area (Å²) in [5, 5.41) is 0. The van der Waals surface area contributed by atoms with E-state index in [1.807, 2.05) is 18.2 Å². The predicted octanol–water partition coefficient (Wildman–Crippen LogP) is 1.60. The van der Waals surface area contributed by atoms with Gasteiger partial charge in [0.2, 0.25) is 0 Å². The van der Waals surface area contributed by atoms with Crippen LogP contribution in [0.15, 0.2) is 18.2 Å². The largest absolute Gasteiger partial charge is 0.497 e. The monoisotopic (exact) mass is 219 g/mol. The zero-order chi connectivity index (χ0) is 11.8. The summed E-state index contributed by atoms with van der Waals surface area (Å²) in [4.78, 5) is 0. The average Bonchev–Trinajstić information content (AvgIpc) is 2.31. The van der Waals surface area contributed by atoms with Crippen LogP contribution in [0, 0.1) is 12.3 Å². The maximum Gasteiger partial charge on any atom is 0.126 e. The molecule has 0 radical (unpaired) electrons. The van der Waals surface area contributed by atoms with E-state index in [4.69, 9.17) is 21.6 Å². The van der Waals surface area contributed by atoms with Gasteiger partial charge in [-0.2, -0.15) is 0 Å². The van der Waals surface area contributed by atoms with Crippen LogP contribution in [-0.2, 0) is 6.42 Å². The summed E-state index contributed by atoms with van der Waals surface area (Å²) in [5.74, 6) is 4.12. The molecule has 0 amide bonds. The van der Waals surface area contributed by atoms with Crippen molar-refractivity contribution < 1.29 is 9.47 Å². The summed E-state index contributed by atoms with van der Waals surface area (Å²) in [6.07, 6.45) is 6.55. The van der Waals surface area contributed by atoms with Gasteiger partial charge in [-0.3, -0.25) is 0 Å². The minimum atomic E-state index is 0.515. The maximum atomic E-state index is 5.59. The first-order valence-electron chi connectivity index (χ1n) is 5.25. The van der Waals surface area contributed by atoms with Crippen LogP contribution in [0.5, 0.6) is 11.5 Å². The highest BCUT2D eigenvalue weighted by Crippen LogP contribution is 2.25. The smallest absolute Gasteiger partial charge is 0.126 e. The first-order valence-corrected chi connectivity index (χ1v) is 5.25. The van der Waals surface area contributed by atoms with E-state index in [-0.39, 0.29) is 0 Å². The fourth-order valence-corrected chi connectivity index (χ4v) is 1.38. The molecular weight excluding hydrogens is 202 g/mol. The standard InChI is InChI=1S/C13H17NO2/c1-3-4-9-16-13-10-12(15-2)6-5-11(13)7-8-14/h1,5-6,10H,4,7-9,14H2,2H3. The Labute approximate surface area is 96.6 Å². The fourth-order valence-electron chi connectivity index (χ4n) is 1.38. The molecule has 0 unspecified atom stereocenters. The van der Waals surface area contributed by atoms with Crippen molar-refractivity contribution in [3.05, 3.63) is 23.8 Å². The van der Waals surface area contributed by atoms with E-state index < -0.39 is 0 Å². The molecule has 0 aliphatic heterocycles. The Hall–Kier alpha value is -1.66. The molecule has 0 aliphatic rings. The van der Waals surface area contributed by atoms with Gasteiger partial charge in [-0.15, -0.1) is 12.3 Å². The second kappa shape index (κ2) is 6.76. The van der Waals surface area contributed by atoms with Crippen molar-refractivity contribution in [1.29, 1.82) is 0 Å². The average molecular weight is 219 g/mol. The fraction of sp³-hybridized carbons (Fsp3) is 0.385. The number of methoxy groups -OCH3 is 1. The molecule has 2 N–H and O–H groups in total. The summed E-state index contributed by atoms with van der Waals surface area (Å²) >= 11 is 0. The molecule has 0 aromatic heterocycles. The van der Waals surface area contributed by atoms with Crippen LogP contribution in [0.1, 0.15) is 12.0 Å². The van der Waals surface area contributed by atoms with Crippen molar-refractivity contribution >= 4 is 0 Å². The minimum Gasteiger partial charge on any atom is -0.497 e. The van der Waals surface area contributed by atoms with Crippen molar-refractivity contribution in [2.45, 2.75) is 12.8 Å². The predicted molar refractivity (Wildman–Crippen MR) is 64.7 cm³/mol. The van der Waals surface area contributed by atoms with Crippen molar-refractivity contribution in [2.24, 2.45) is 5.73 Å². The second-order valence-electron chi connectivity index (χ2n) is 3.31. The lowest BCUT2D eigenvalue weighted by molar-refractivity contribution is 0.320. The van der Waals surface area contributed by atoms with E-state index in [2.05, 4.69) is 5.92 Å². The van der Waals surface area contributed by atoms with Gasteiger partial charge < -0.3 is 15.2 Å². The molecule has 0 fully saturated rings. The van der Waals surface area contributed by atoms with E-state index in [9.17, 15) is 0 Å². The molecule has 1 aromatic rings. The molecule has 0 heterocycles. The number of terminal acetylenes is 1. The highest BCUT2D eigenvalue weighted by molar-refractivity contribution is 5.41. The normalized spacial score (nSPS) is 9.56. The third kappa shape index (κ3) is 3.48. The minimum absolute atomic E-state index is 0.515. The van der Waals surface area contributed by atoms with Crippen LogP contribution < -0.4 is 15.2 Å². The molecule has 0 spiro atoms. The molecule has 0 saturated heterocycles. The van der Waals surface area contributed by atoms with Crippen molar-refractivity contribution in [1.82, 2.24) is 0 Å². The Balaban J connectivity index is 2.79. The van der Waals surface area contributed by atoms with Crippen molar-refractivity contribution in [3.63, 3.8) is 0 Å². The van der Waals surface area contributed by atoms with Gasteiger partial charge in [-0.05, 0) is 24.6 Å².